The van der Waals surface area contributed by atoms with Crippen molar-refractivity contribution in [2.24, 2.45) is 0 Å². The van der Waals surface area contributed by atoms with Gasteiger partial charge in [0.25, 0.3) is 0 Å². The van der Waals surface area contributed by atoms with Gasteiger partial charge in [0, 0.05) is 6.42 Å². The molecule has 2 heteroatoms. The van der Waals surface area contributed by atoms with E-state index in [1.807, 2.05) is 0 Å². The first-order chi connectivity index (χ1) is 9.81. The number of esters is 1. The largest absolute Gasteiger partial charge is 0.469 e. The van der Waals surface area contributed by atoms with E-state index in [0.29, 0.717) is 6.42 Å². The Morgan fingerprint density at radius 2 is 1.45 bits per heavy atom. The molecule has 0 heterocycles. The molecule has 114 valence electrons. The minimum absolute atomic E-state index is 0.0901. The van der Waals surface area contributed by atoms with E-state index in [0.717, 1.165) is 25.7 Å². The van der Waals surface area contributed by atoms with Crippen molar-refractivity contribution in [1.82, 2.24) is 0 Å². The Labute approximate surface area is 124 Å². The average Bonchev–Trinajstić information content (AvgIpc) is 2.47. The van der Waals surface area contributed by atoms with Crippen LogP contribution in [0.4, 0.5) is 0 Å². The second kappa shape index (κ2) is 15.7. The van der Waals surface area contributed by atoms with Crippen molar-refractivity contribution in [3.05, 3.63) is 36.5 Å². The van der Waals surface area contributed by atoms with Crippen LogP contribution in [-0.4, -0.2) is 13.1 Å². The summed E-state index contributed by atoms with van der Waals surface area (Å²) >= 11 is 0. The quantitative estimate of drug-likeness (QED) is 0.273. The highest BCUT2D eigenvalue weighted by Crippen LogP contribution is 2.08. The third-order valence-corrected chi connectivity index (χ3v) is 3.04. The fraction of sp³-hybridized carbons (Fsp3) is 0.611. The number of carbonyl (C=O) groups excluding carboxylic acids is 1. The summed E-state index contributed by atoms with van der Waals surface area (Å²) in [5.74, 6) is -0.0901. The Kier molecular flexibility index (Phi) is 14.7. The van der Waals surface area contributed by atoms with Crippen LogP contribution in [0.2, 0.25) is 0 Å². The molecule has 0 aromatic heterocycles. The summed E-state index contributed by atoms with van der Waals surface area (Å²) in [5.41, 5.74) is 0. The average molecular weight is 278 g/mol. The Hall–Kier alpha value is -1.31. The summed E-state index contributed by atoms with van der Waals surface area (Å²) in [6, 6.07) is 0. The molecule has 0 atom stereocenters. The van der Waals surface area contributed by atoms with Gasteiger partial charge in [-0.25, -0.2) is 0 Å². The second-order valence-corrected chi connectivity index (χ2v) is 4.91. The van der Waals surface area contributed by atoms with Crippen LogP contribution in [0.15, 0.2) is 36.5 Å². The van der Waals surface area contributed by atoms with Gasteiger partial charge in [0.1, 0.15) is 0 Å². The summed E-state index contributed by atoms with van der Waals surface area (Å²) in [5, 5.41) is 0. The fourth-order valence-corrected chi connectivity index (χ4v) is 1.81. The van der Waals surface area contributed by atoms with Crippen LogP contribution in [0.3, 0.4) is 0 Å². The number of allylic oxidation sites excluding steroid dienone is 6. The van der Waals surface area contributed by atoms with Gasteiger partial charge in [0.15, 0.2) is 0 Å². The zero-order valence-corrected chi connectivity index (χ0v) is 13.1. The van der Waals surface area contributed by atoms with Crippen molar-refractivity contribution in [2.45, 2.75) is 64.7 Å². The third-order valence-electron chi connectivity index (χ3n) is 3.04. The molecule has 0 aliphatic rings. The molecule has 20 heavy (non-hydrogen) atoms. The molecular weight excluding hydrogens is 248 g/mol. The standard InChI is InChI=1S/C18H30O2/c1-3-4-5-6-7-8-9-10-11-12-13-14-15-16-17-18(19)20-2/h5-10H,3-4,11-17H2,1-2H3/b6-5-,8-7+,10-9+. The van der Waals surface area contributed by atoms with Crippen molar-refractivity contribution in [2.75, 3.05) is 7.11 Å². The van der Waals surface area contributed by atoms with Crippen LogP contribution < -0.4 is 0 Å². The van der Waals surface area contributed by atoms with Gasteiger partial charge in [0.2, 0.25) is 0 Å². The maximum Gasteiger partial charge on any atom is 0.305 e. The van der Waals surface area contributed by atoms with Gasteiger partial charge in [-0.1, -0.05) is 69.1 Å². The maximum absolute atomic E-state index is 10.9. The first-order valence-electron chi connectivity index (χ1n) is 7.86. The Balaban J connectivity index is 3.29. The predicted molar refractivity (Wildman–Crippen MR) is 86.7 cm³/mol. The van der Waals surface area contributed by atoms with E-state index in [4.69, 9.17) is 0 Å². The lowest BCUT2D eigenvalue weighted by Gasteiger charge is -1.99. The predicted octanol–water partition coefficient (Wildman–Crippen LogP) is 5.36. The van der Waals surface area contributed by atoms with Gasteiger partial charge in [-0.15, -0.1) is 0 Å². The highest BCUT2D eigenvalue weighted by Gasteiger charge is 1.98. The monoisotopic (exact) mass is 278 g/mol. The minimum Gasteiger partial charge on any atom is -0.469 e. The van der Waals surface area contributed by atoms with E-state index < -0.39 is 0 Å². The number of ether oxygens (including phenoxy) is 1. The molecule has 0 radical (unpaired) electrons. The molecule has 2 nitrogen and oxygen atoms in total. The van der Waals surface area contributed by atoms with Gasteiger partial charge in [-0.2, -0.15) is 0 Å². The number of hydrogen-bond donors (Lipinski definition) is 0. The molecule has 0 saturated heterocycles. The van der Waals surface area contributed by atoms with Gasteiger partial charge in [0.05, 0.1) is 7.11 Å². The SMILES string of the molecule is CCC\C=C/C=C/C=C/CCCCCCCC(=O)OC. The van der Waals surface area contributed by atoms with Crippen molar-refractivity contribution in [3.8, 4) is 0 Å². The van der Waals surface area contributed by atoms with Crippen LogP contribution >= 0.6 is 0 Å². The molecule has 0 unspecified atom stereocenters. The van der Waals surface area contributed by atoms with Crippen molar-refractivity contribution in [3.63, 3.8) is 0 Å². The molecular formula is C18H30O2. The van der Waals surface area contributed by atoms with E-state index >= 15 is 0 Å². The summed E-state index contributed by atoms with van der Waals surface area (Å²) in [7, 11) is 1.45. The zero-order chi connectivity index (χ0) is 14.9. The molecule has 0 aromatic rings. The summed E-state index contributed by atoms with van der Waals surface area (Å²) < 4.78 is 4.60. The lowest BCUT2D eigenvalue weighted by molar-refractivity contribution is -0.140. The van der Waals surface area contributed by atoms with Gasteiger partial charge in [-0.3, -0.25) is 4.79 Å². The van der Waals surface area contributed by atoms with Crippen LogP contribution in [-0.2, 0) is 9.53 Å². The maximum atomic E-state index is 10.9. The highest BCUT2D eigenvalue weighted by atomic mass is 16.5. The smallest absolute Gasteiger partial charge is 0.305 e. The van der Waals surface area contributed by atoms with Crippen molar-refractivity contribution >= 4 is 5.97 Å². The molecule has 0 saturated carbocycles. The summed E-state index contributed by atoms with van der Waals surface area (Å²) in [6.07, 6.45) is 22.6. The van der Waals surface area contributed by atoms with Gasteiger partial charge in [-0.05, 0) is 25.7 Å². The normalized spacial score (nSPS) is 11.9. The molecule has 0 spiro atoms. The van der Waals surface area contributed by atoms with Crippen LogP contribution in [0.1, 0.15) is 64.7 Å². The zero-order valence-electron chi connectivity index (χ0n) is 13.1. The number of carbonyl (C=O) groups is 1. The lowest BCUT2D eigenvalue weighted by atomic mass is 10.1. The Bertz CT molecular complexity index is 301. The molecule has 0 N–H and O–H groups in total. The van der Waals surface area contributed by atoms with Crippen molar-refractivity contribution < 1.29 is 9.53 Å². The topological polar surface area (TPSA) is 26.3 Å². The number of rotatable bonds is 12. The molecule has 0 aromatic carbocycles. The Morgan fingerprint density at radius 3 is 2.10 bits per heavy atom. The molecule has 0 bridgehead atoms. The van der Waals surface area contributed by atoms with Crippen molar-refractivity contribution in [1.29, 1.82) is 0 Å². The van der Waals surface area contributed by atoms with Crippen LogP contribution in [0.25, 0.3) is 0 Å². The Morgan fingerprint density at radius 1 is 0.850 bits per heavy atom. The fourth-order valence-electron chi connectivity index (χ4n) is 1.81. The minimum atomic E-state index is -0.0901. The lowest BCUT2D eigenvalue weighted by Crippen LogP contribution is -1.98. The van der Waals surface area contributed by atoms with Crippen LogP contribution in [0, 0.1) is 0 Å². The van der Waals surface area contributed by atoms with Crippen LogP contribution in [0.5, 0.6) is 0 Å². The van der Waals surface area contributed by atoms with E-state index in [2.05, 4.69) is 48.1 Å². The molecule has 0 aliphatic heterocycles. The first-order valence-corrected chi connectivity index (χ1v) is 7.86. The van der Waals surface area contributed by atoms with E-state index in [9.17, 15) is 4.79 Å². The molecule has 0 rings (SSSR count). The molecule has 0 fully saturated rings. The summed E-state index contributed by atoms with van der Waals surface area (Å²) in [6.45, 7) is 2.18. The van der Waals surface area contributed by atoms with Gasteiger partial charge >= 0.3 is 5.97 Å². The highest BCUT2D eigenvalue weighted by molar-refractivity contribution is 5.68. The van der Waals surface area contributed by atoms with E-state index in [1.165, 1.54) is 32.8 Å². The molecule has 0 amide bonds. The van der Waals surface area contributed by atoms with E-state index in [1.54, 1.807) is 0 Å². The number of hydrogen-bond acceptors (Lipinski definition) is 2. The first kappa shape index (κ1) is 18.7. The third kappa shape index (κ3) is 14.7. The van der Waals surface area contributed by atoms with E-state index in [-0.39, 0.29) is 5.97 Å². The number of methoxy groups -OCH3 is 1. The second-order valence-electron chi connectivity index (χ2n) is 4.91. The summed E-state index contributed by atoms with van der Waals surface area (Å²) in [4.78, 5) is 10.9. The number of unbranched alkanes of at least 4 members (excludes halogenated alkanes) is 6. The molecule has 0 aliphatic carbocycles. The van der Waals surface area contributed by atoms with Gasteiger partial charge < -0.3 is 4.74 Å².